The minimum absolute atomic E-state index is 0.0227. The van der Waals surface area contributed by atoms with Crippen LogP contribution >= 0.6 is 11.6 Å². The van der Waals surface area contributed by atoms with Gasteiger partial charge in [0.05, 0.1) is 10.6 Å². The molecule has 104 valence electrons. The fourth-order valence-corrected chi connectivity index (χ4v) is 1.95. The molecule has 0 atom stereocenters. The number of amides is 1. The third kappa shape index (κ3) is 3.08. The lowest BCUT2D eigenvalue weighted by Crippen LogP contribution is -2.14. The summed E-state index contributed by atoms with van der Waals surface area (Å²) in [5.41, 5.74) is 2.54. The second-order valence-electron chi connectivity index (χ2n) is 4.38. The second-order valence-corrected chi connectivity index (χ2v) is 4.79. The molecule has 20 heavy (non-hydrogen) atoms. The Balaban J connectivity index is 2.27. The van der Waals surface area contributed by atoms with Crippen LogP contribution in [-0.2, 0) is 0 Å². The minimum atomic E-state index is -0.567. The summed E-state index contributed by atoms with van der Waals surface area (Å²) < 4.78 is 13.3. The summed E-state index contributed by atoms with van der Waals surface area (Å²) >= 11 is 5.60. The van der Waals surface area contributed by atoms with Gasteiger partial charge >= 0.3 is 0 Å². The van der Waals surface area contributed by atoms with Gasteiger partial charge in [-0.05, 0) is 37.3 Å². The number of halogens is 2. The van der Waals surface area contributed by atoms with E-state index in [-0.39, 0.29) is 10.9 Å². The molecule has 0 bridgehead atoms. The molecular formula is C15H14ClFN2O. The highest BCUT2D eigenvalue weighted by atomic mass is 35.5. The SMILES string of the molecule is CNc1ccc(C)cc1C(=O)Nc1ccc(Cl)c(F)c1. The van der Waals surface area contributed by atoms with Gasteiger partial charge in [0.2, 0.25) is 0 Å². The maximum Gasteiger partial charge on any atom is 0.257 e. The minimum Gasteiger partial charge on any atom is -0.387 e. The van der Waals surface area contributed by atoms with Crippen LogP contribution in [0.2, 0.25) is 5.02 Å². The van der Waals surface area contributed by atoms with E-state index in [0.29, 0.717) is 16.9 Å². The molecule has 0 aliphatic rings. The van der Waals surface area contributed by atoms with E-state index in [0.717, 1.165) is 5.56 Å². The van der Waals surface area contributed by atoms with E-state index in [2.05, 4.69) is 10.6 Å². The third-order valence-corrected chi connectivity index (χ3v) is 3.17. The summed E-state index contributed by atoms with van der Waals surface area (Å²) in [6, 6.07) is 9.65. The van der Waals surface area contributed by atoms with E-state index in [1.807, 2.05) is 19.1 Å². The maximum absolute atomic E-state index is 13.3. The van der Waals surface area contributed by atoms with Crippen LogP contribution in [0.4, 0.5) is 15.8 Å². The number of hydrogen-bond donors (Lipinski definition) is 2. The first kappa shape index (κ1) is 14.3. The van der Waals surface area contributed by atoms with E-state index in [9.17, 15) is 9.18 Å². The first-order valence-electron chi connectivity index (χ1n) is 6.06. The largest absolute Gasteiger partial charge is 0.387 e. The highest BCUT2D eigenvalue weighted by molar-refractivity contribution is 6.30. The van der Waals surface area contributed by atoms with Crippen LogP contribution in [0.5, 0.6) is 0 Å². The Bertz CT molecular complexity index is 658. The van der Waals surface area contributed by atoms with Gasteiger partial charge in [0.25, 0.3) is 5.91 Å². The Hall–Kier alpha value is -2.07. The summed E-state index contributed by atoms with van der Waals surface area (Å²) in [6.45, 7) is 1.90. The number of aryl methyl sites for hydroxylation is 1. The lowest BCUT2D eigenvalue weighted by atomic mass is 10.1. The summed E-state index contributed by atoms with van der Waals surface area (Å²) in [5, 5.41) is 5.63. The normalized spacial score (nSPS) is 10.2. The molecule has 2 rings (SSSR count). The molecule has 0 aromatic heterocycles. The number of carbonyl (C=O) groups excluding carboxylic acids is 1. The van der Waals surface area contributed by atoms with E-state index in [1.165, 1.54) is 12.1 Å². The number of hydrogen-bond acceptors (Lipinski definition) is 2. The molecule has 0 aliphatic carbocycles. The fraction of sp³-hybridized carbons (Fsp3) is 0.133. The van der Waals surface area contributed by atoms with Crippen molar-refractivity contribution in [3.8, 4) is 0 Å². The molecule has 2 N–H and O–H groups in total. The second kappa shape index (κ2) is 5.92. The summed E-state index contributed by atoms with van der Waals surface area (Å²) in [4.78, 5) is 12.2. The fourth-order valence-electron chi connectivity index (χ4n) is 1.84. The summed E-state index contributed by atoms with van der Waals surface area (Å²) in [7, 11) is 1.74. The van der Waals surface area contributed by atoms with Crippen molar-refractivity contribution in [2.24, 2.45) is 0 Å². The van der Waals surface area contributed by atoms with Crippen molar-refractivity contribution < 1.29 is 9.18 Å². The number of benzene rings is 2. The van der Waals surface area contributed by atoms with Gasteiger partial charge in [0.15, 0.2) is 0 Å². The van der Waals surface area contributed by atoms with Crippen molar-refractivity contribution in [1.82, 2.24) is 0 Å². The molecule has 0 aliphatic heterocycles. The number of anilines is 2. The van der Waals surface area contributed by atoms with Gasteiger partial charge in [0.1, 0.15) is 5.82 Å². The molecule has 0 unspecified atom stereocenters. The molecule has 1 amide bonds. The predicted octanol–water partition coefficient (Wildman–Crippen LogP) is 4.08. The van der Waals surface area contributed by atoms with Crippen molar-refractivity contribution in [2.75, 3.05) is 17.7 Å². The summed E-state index contributed by atoms with van der Waals surface area (Å²) in [5.74, 6) is -0.873. The third-order valence-electron chi connectivity index (χ3n) is 2.87. The lowest BCUT2D eigenvalue weighted by molar-refractivity contribution is 0.102. The molecule has 2 aromatic rings. The smallest absolute Gasteiger partial charge is 0.257 e. The van der Waals surface area contributed by atoms with Gasteiger partial charge in [-0.2, -0.15) is 0 Å². The molecule has 0 saturated heterocycles. The summed E-state index contributed by atoms with van der Waals surface area (Å²) in [6.07, 6.45) is 0. The van der Waals surface area contributed by atoms with Gasteiger partial charge in [-0.25, -0.2) is 4.39 Å². The maximum atomic E-state index is 13.3. The van der Waals surface area contributed by atoms with Crippen LogP contribution in [0.25, 0.3) is 0 Å². The molecule has 3 nitrogen and oxygen atoms in total. The Labute approximate surface area is 121 Å². The van der Waals surface area contributed by atoms with Crippen molar-refractivity contribution in [3.63, 3.8) is 0 Å². The quantitative estimate of drug-likeness (QED) is 0.895. The molecule has 2 aromatic carbocycles. The zero-order valence-corrected chi connectivity index (χ0v) is 11.9. The van der Waals surface area contributed by atoms with E-state index in [1.54, 1.807) is 19.2 Å². The Kier molecular flexibility index (Phi) is 4.25. The van der Waals surface area contributed by atoms with Crippen molar-refractivity contribution in [3.05, 3.63) is 58.4 Å². The first-order chi connectivity index (χ1) is 9.51. The first-order valence-corrected chi connectivity index (χ1v) is 6.44. The highest BCUT2D eigenvalue weighted by Gasteiger charge is 2.12. The average molecular weight is 293 g/mol. The van der Waals surface area contributed by atoms with Crippen LogP contribution in [0.3, 0.4) is 0 Å². The monoisotopic (exact) mass is 292 g/mol. The highest BCUT2D eigenvalue weighted by Crippen LogP contribution is 2.21. The average Bonchev–Trinajstić information content (AvgIpc) is 2.43. The zero-order valence-electron chi connectivity index (χ0n) is 11.1. The topological polar surface area (TPSA) is 41.1 Å². The van der Waals surface area contributed by atoms with Crippen molar-refractivity contribution >= 4 is 28.9 Å². The van der Waals surface area contributed by atoms with Gasteiger partial charge in [-0.15, -0.1) is 0 Å². The number of nitrogens with one attached hydrogen (secondary N) is 2. The standard InChI is InChI=1S/C15H14ClFN2O/c1-9-3-6-14(18-2)11(7-9)15(20)19-10-4-5-12(16)13(17)8-10/h3-8,18H,1-2H3,(H,19,20). The number of rotatable bonds is 3. The Morgan fingerprint density at radius 3 is 2.60 bits per heavy atom. The molecule has 0 spiro atoms. The molecular weight excluding hydrogens is 279 g/mol. The predicted molar refractivity (Wildman–Crippen MR) is 80.1 cm³/mol. The number of carbonyl (C=O) groups is 1. The zero-order chi connectivity index (χ0) is 14.7. The molecule has 0 radical (unpaired) electrons. The van der Waals surface area contributed by atoms with Crippen molar-refractivity contribution in [2.45, 2.75) is 6.92 Å². The van der Waals surface area contributed by atoms with Gasteiger partial charge in [-0.1, -0.05) is 23.2 Å². The lowest BCUT2D eigenvalue weighted by Gasteiger charge is -2.11. The molecule has 5 heteroatoms. The molecule has 0 fully saturated rings. The van der Waals surface area contributed by atoms with E-state index in [4.69, 9.17) is 11.6 Å². The van der Waals surface area contributed by atoms with Gasteiger partial charge in [-0.3, -0.25) is 4.79 Å². The van der Waals surface area contributed by atoms with Crippen LogP contribution in [0.1, 0.15) is 15.9 Å². The molecule has 0 saturated carbocycles. The van der Waals surface area contributed by atoms with Gasteiger partial charge in [0, 0.05) is 18.4 Å². The molecule has 0 heterocycles. The van der Waals surface area contributed by atoms with Crippen LogP contribution in [0.15, 0.2) is 36.4 Å². The van der Waals surface area contributed by atoms with Crippen LogP contribution in [0, 0.1) is 12.7 Å². The van der Waals surface area contributed by atoms with Crippen LogP contribution < -0.4 is 10.6 Å². The van der Waals surface area contributed by atoms with E-state index < -0.39 is 5.82 Å². The van der Waals surface area contributed by atoms with Gasteiger partial charge < -0.3 is 10.6 Å². The Morgan fingerprint density at radius 1 is 1.20 bits per heavy atom. The Morgan fingerprint density at radius 2 is 1.95 bits per heavy atom. The van der Waals surface area contributed by atoms with Crippen LogP contribution in [-0.4, -0.2) is 13.0 Å². The van der Waals surface area contributed by atoms with E-state index >= 15 is 0 Å². The van der Waals surface area contributed by atoms with Crippen molar-refractivity contribution in [1.29, 1.82) is 0 Å².